The molecule has 1 aromatic rings. The molecule has 0 saturated heterocycles. The summed E-state index contributed by atoms with van der Waals surface area (Å²) in [4.78, 5) is 10.1. The summed E-state index contributed by atoms with van der Waals surface area (Å²) < 4.78 is 26.4. The van der Waals surface area contributed by atoms with Gasteiger partial charge in [0.15, 0.2) is 0 Å². The topological polar surface area (TPSA) is 89.3 Å². The quantitative estimate of drug-likeness (QED) is 0.375. The summed E-state index contributed by atoms with van der Waals surface area (Å²) in [6, 6.07) is 3.69. The first kappa shape index (κ1) is 15.3. The molecular formula is C12H16N2O4S. The number of nitro benzene ring substituents is 1. The van der Waals surface area contributed by atoms with Crippen molar-refractivity contribution in [3.05, 3.63) is 46.0 Å². The SMILES string of the molecule is C/C=C/CCNS(=O)(=O)c1ccc([N+](=O)[O-])cc1C. The number of non-ortho nitro benzene ring substituents is 1. The fourth-order valence-corrected chi connectivity index (χ4v) is 2.84. The van der Waals surface area contributed by atoms with Crippen LogP contribution in [0, 0.1) is 17.0 Å². The van der Waals surface area contributed by atoms with E-state index in [9.17, 15) is 18.5 Å². The highest BCUT2D eigenvalue weighted by atomic mass is 32.2. The summed E-state index contributed by atoms with van der Waals surface area (Å²) in [5.74, 6) is 0. The Balaban J connectivity index is 2.92. The van der Waals surface area contributed by atoms with Crippen LogP contribution in [-0.2, 0) is 10.0 Å². The van der Waals surface area contributed by atoms with Crippen LogP contribution in [0.2, 0.25) is 0 Å². The third-order valence-corrected chi connectivity index (χ3v) is 4.12. The van der Waals surface area contributed by atoms with E-state index in [-0.39, 0.29) is 10.6 Å². The predicted molar refractivity (Wildman–Crippen MR) is 72.5 cm³/mol. The Morgan fingerprint density at radius 1 is 1.42 bits per heavy atom. The molecule has 0 fully saturated rings. The molecule has 1 N–H and O–H groups in total. The molecular weight excluding hydrogens is 268 g/mol. The van der Waals surface area contributed by atoms with Gasteiger partial charge in [0.1, 0.15) is 0 Å². The van der Waals surface area contributed by atoms with Crippen molar-refractivity contribution in [2.45, 2.75) is 25.2 Å². The maximum Gasteiger partial charge on any atom is 0.269 e. The van der Waals surface area contributed by atoms with Gasteiger partial charge in [0.25, 0.3) is 5.69 Å². The number of benzene rings is 1. The minimum atomic E-state index is -3.62. The van der Waals surface area contributed by atoms with Crippen LogP contribution in [0.25, 0.3) is 0 Å². The second-order valence-electron chi connectivity index (χ2n) is 3.96. The number of allylic oxidation sites excluding steroid dienone is 1. The van der Waals surface area contributed by atoms with E-state index in [1.54, 1.807) is 0 Å². The number of nitro groups is 1. The average molecular weight is 284 g/mol. The standard InChI is InChI=1S/C12H16N2O4S/c1-3-4-5-8-13-19(17,18)12-7-6-11(14(15)16)9-10(12)2/h3-4,6-7,9,13H,5,8H2,1-2H3/b4-3+. The third-order valence-electron chi connectivity index (χ3n) is 2.50. The molecule has 0 unspecified atom stereocenters. The molecule has 1 aromatic carbocycles. The Morgan fingerprint density at radius 3 is 2.63 bits per heavy atom. The highest BCUT2D eigenvalue weighted by molar-refractivity contribution is 7.89. The number of nitrogens with zero attached hydrogens (tertiary/aromatic N) is 1. The van der Waals surface area contributed by atoms with E-state index in [4.69, 9.17) is 0 Å². The smallest absolute Gasteiger partial charge is 0.258 e. The van der Waals surface area contributed by atoms with Gasteiger partial charge in [-0.15, -0.1) is 0 Å². The molecule has 0 amide bonds. The van der Waals surface area contributed by atoms with Gasteiger partial charge in [-0.1, -0.05) is 12.2 Å². The van der Waals surface area contributed by atoms with Gasteiger partial charge >= 0.3 is 0 Å². The second kappa shape index (κ2) is 6.44. The molecule has 0 aliphatic heterocycles. The summed E-state index contributed by atoms with van der Waals surface area (Å²) in [5, 5.41) is 10.6. The highest BCUT2D eigenvalue weighted by Gasteiger charge is 2.18. The monoisotopic (exact) mass is 284 g/mol. The molecule has 0 spiro atoms. The largest absolute Gasteiger partial charge is 0.269 e. The molecule has 6 nitrogen and oxygen atoms in total. The van der Waals surface area contributed by atoms with Crippen LogP contribution in [0.3, 0.4) is 0 Å². The van der Waals surface area contributed by atoms with E-state index in [0.29, 0.717) is 18.5 Å². The van der Waals surface area contributed by atoms with Crippen molar-refractivity contribution in [2.24, 2.45) is 0 Å². The van der Waals surface area contributed by atoms with Gasteiger partial charge in [0.05, 0.1) is 9.82 Å². The van der Waals surface area contributed by atoms with Gasteiger partial charge in [-0.2, -0.15) is 0 Å². The summed E-state index contributed by atoms with van der Waals surface area (Å²) >= 11 is 0. The zero-order valence-electron chi connectivity index (χ0n) is 10.8. The van der Waals surface area contributed by atoms with E-state index in [2.05, 4.69) is 4.72 Å². The Morgan fingerprint density at radius 2 is 2.11 bits per heavy atom. The van der Waals surface area contributed by atoms with Crippen molar-refractivity contribution < 1.29 is 13.3 Å². The minimum Gasteiger partial charge on any atom is -0.258 e. The third kappa shape index (κ3) is 4.15. The van der Waals surface area contributed by atoms with Crippen LogP contribution in [0.4, 0.5) is 5.69 Å². The summed E-state index contributed by atoms with van der Waals surface area (Å²) in [6.07, 6.45) is 4.29. The molecule has 0 radical (unpaired) electrons. The lowest BCUT2D eigenvalue weighted by molar-refractivity contribution is -0.385. The van der Waals surface area contributed by atoms with Crippen molar-refractivity contribution in [3.8, 4) is 0 Å². The highest BCUT2D eigenvalue weighted by Crippen LogP contribution is 2.20. The molecule has 0 heterocycles. The van der Waals surface area contributed by atoms with E-state index in [1.807, 2.05) is 19.1 Å². The van der Waals surface area contributed by atoms with E-state index in [1.165, 1.54) is 25.1 Å². The van der Waals surface area contributed by atoms with E-state index < -0.39 is 14.9 Å². The number of sulfonamides is 1. The molecule has 0 saturated carbocycles. The van der Waals surface area contributed by atoms with Crippen LogP contribution in [0.5, 0.6) is 0 Å². The van der Waals surface area contributed by atoms with Gasteiger partial charge in [0, 0.05) is 18.7 Å². The van der Waals surface area contributed by atoms with Gasteiger partial charge in [-0.25, -0.2) is 13.1 Å². The van der Waals surface area contributed by atoms with Crippen molar-refractivity contribution in [3.63, 3.8) is 0 Å². The molecule has 7 heteroatoms. The van der Waals surface area contributed by atoms with Gasteiger partial charge in [-0.05, 0) is 31.9 Å². The van der Waals surface area contributed by atoms with Gasteiger partial charge in [-0.3, -0.25) is 10.1 Å². The summed E-state index contributed by atoms with van der Waals surface area (Å²) in [7, 11) is -3.62. The summed E-state index contributed by atoms with van der Waals surface area (Å²) in [5.41, 5.74) is 0.234. The van der Waals surface area contributed by atoms with Gasteiger partial charge < -0.3 is 0 Å². The number of aryl methyl sites for hydroxylation is 1. The summed E-state index contributed by atoms with van der Waals surface area (Å²) in [6.45, 7) is 3.69. The fraction of sp³-hybridized carbons (Fsp3) is 0.333. The zero-order chi connectivity index (χ0) is 14.5. The molecule has 0 bridgehead atoms. The molecule has 0 aromatic heterocycles. The molecule has 0 aliphatic rings. The number of hydrogen-bond donors (Lipinski definition) is 1. The Hall–Kier alpha value is -1.73. The van der Waals surface area contributed by atoms with Crippen molar-refractivity contribution in [1.29, 1.82) is 0 Å². The van der Waals surface area contributed by atoms with Crippen molar-refractivity contribution in [1.82, 2.24) is 4.72 Å². The maximum absolute atomic E-state index is 12.0. The molecule has 104 valence electrons. The van der Waals surface area contributed by atoms with Crippen molar-refractivity contribution >= 4 is 15.7 Å². The van der Waals surface area contributed by atoms with Crippen LogP contribution < -0.4 is 4.72 Å². The fourth-order valence-electron chi connectivity index (χ4n) is 1.57. The normalized spacial score (nSPS) is 11.9. The van der Waals surface area contributed by atoms with E-state index >= 15 is 0 Å². The molecule has 0 atom stereocenters. The number of hydrogen-bond acceptors (Lipinski definition) is 4. The molecule has 19 heavy (non-hydrogen) atoms. The zero-order valence-corrected chi connectivity index (χ0v) is 11.6. The maximum atomic E-state index is 12.0. The lowest BCUT2D eigenvalue weighted by Gasteiger charge is -2.08. The van der Waals surface area contributed by atoms with E-state index in [0.717, 1.165) is 0 Å². The van der Waals surface area contributed by atoms with Crippen LogP contribution >= 0.6 is 0 Å². The second-order valence-corrected chi connectivity index (χ2v) is 5.70. The molecule has 0 aliphatic carbocycles. The lowest BCUT2D eigenvalue weighted by Crippen LogP contribution is -2.25. The Labute approximate surface area is 112 Å². The van der Waals surface area contributed by atoms with Gasteiger partial charge in [0.2, 0.25) is 10.0 Å². The van der Waals surface area contributed by atoms with Crippen LogP contribution in [0.15, 0.2) is 35.2 Å². The average Bonchev–Trinajstić information content (AvgIpc) is 2.34. The minimum absolute atomic E-state index is 0.0681. The predicted octanol–water partition coefficient (Wildman–Crippen LogP) is 2.15. The first-order valence-electron chi connectivity index (χ1n) is 5.74. The Kier molecular flexibility index (Phi) is 5.20. The number of rotatable bonds is 6. The van der Waals surface area contributed by atoms with Crippen LogP contribution in [0.1, 0.15) is 18.9 Å². The van der Waals surface area contributed by atoms with Crippen molar-refractivity contribution in [2.75, 3.05) is 6.54 Å². The first-order chi connectivity index (χ1) is 8.88. The number of nitrogens with one attached hydrogen (secondary N) is 1. The lowest BCUT2D eigenvalue weighted by atomic mass is 10.2. The Bertz CT molecular complexity index is 594. The first-order valence-corrected chi connectivity index (χ1v) is 7.22. The molecule has 1 rings (SSSR count). The van der Waals surface area contributed by atoms with Crippen LogP contribution in [-0.4, -0.2) is 19.9 Å².